The summed E-state index contributed by atoms with van der Waals surface area (Å²) in [7, 11) is 2.03. The average molecular weight is 228 g/mol. The number of nitrogens with one attached hydrogen (secondary N) is 1. The molecule has 3 heteroatoms. The molecule has 0 radical (unpaired) electrons. The van der Waals surface area contributed by atoms with Gasteiger partial charge in [-0.1, -0.05) is 27.2 Å². The van der Waals surface area contributed by atoms with Crippen LogP contribution in [-0.2, 0) is 4.79 Å². The molecule has 0 spiro atoms. The fourth-order valence-corrected chi connectivity index (χ4v) is 1.51. The van der Waals surface area contributed by atoms with Crippen LogP contribution in [0.4, 0.5) is 0 Å². The van der Waals surface area contributed by atoms with E-state index < -0.39 is 0 Å². The summed E-state index contributed by atoms with van der Waals surface area (Å²) in [5.74, 6) is 0.506. The molecule has 96 valence electrons. The summed E-state index contributed by atoms with van der Waals surface area (Å²) >= 11 is 0. The van der Waals surface area contributed by atoms with E-state index in [0.717, 1.165) is 19.6 Å². The normalized spacial score (nSPS) is 11.4. The first kappa shape index (κ1) is 15.6. The summed E-state index contributed by atoms with van der Waals surface area (Å²) < 4.78 is 0. The van der Waals surface area contributed by atoms with Crippen LogP contribution >= 0.6 is 0 Å². The third kappa shape index (κ3) is 8.86. The molecule has 0 atom stereocenters. The fraction of sp³-hybridized carbons (Fsp3) is 0.923. The van der Waals surface area contributed by atoms with Gasteiger partial charge in [-0.15, -0.1) is 0 Å². The average Bonchev–Trinajstić information content (AvgIpc) is 2.23. The van der Waals surface area contributed by atoms with Crippen molar-refractivity contribution in [3.05, 3.63) is 0 Å². The van der Waals surface area contributed by atoms with Gasteiger partial charge in [0.05, 0.1) is 6.54 Å². The van der Waals surface area contributed by atoms with Gasteiger partial charge in [-0.05, 0) is 39.5 Å². The van der Waals surface area contributed by atoms with Crippen LogP contribution in [-0.4, -0.2) is 43.9 Å². The maximum atomic E-state index is 11.5. The molecule has 3 nitrogen and oxygen atoms in total. The van der Waals surface area contributed by atoms with Gasteiger partial charge in [-0.2, -0.15) is 0 Å². The second kappa shape index (κ2) is 9.79. The Hall–Kier alpha value is -0.410. The molecule has 0 amide bonds. The number of nitrogens with zero attached hydrogens (tertiary/aromatic N) is 1. The van der Waals surface area contributed by atoms with Gasteiger partial charge in [-0.3, -0.25) is 9.69 Å². The second-order valence-electron chi connectivity index (χ2n) is 4.77. The van der Waals surface area contributed by atoms with E-state index in [2.05, 4.69) is 17.1 Å². The molecule has 0 rings (SSSR count). The summed E-state index contributed by atoms with van der Waals surface area (Å²) in [5, 5.41) is 3.32. The van der Waals surface area contributed by atoms with E-state index in [0.29, 0.717) is 12.3 Å². The second-order valence-corrected chi connectivity index (χ2v) is 4.77. The highest BCUT2D eigenvalue weighted by atomic mass is 16.1. The summed E-state index contributed by atoms with van der Waals surface area (Å²) in [6.45, 7) is 9.87. The monoisotopic (exact) mass is 228 g/mol. The van der Waals surface area contributed by atoms with Gasteiger partial charge in [0, 0.05) is 5.92 Å². The van der Waals surface area contributed by atoms with E-state index in [4.69, 9.17) is 0 Å². The summed E-state index contributed by atoms with van der Waals surface area (Å²) in [6, 6.07) is 0. The maximum absolute atomic E-state index is 11.5. The highest BCUT2D eigenvalue weighted by Gasteiger charge is 2.09. The molecule has 1 N–H and O–H groups in total. The number of carbonyl (C=O) groups is 1. The van der Waals surface area contributed by atoms with Crippen molar-refractivity contribution in [2.24, 2.45) is 5.92 Å². The van der Waals surface area contributed by atoms with Crippen LogP contribution in [0.5, 0.6) is 0 Å². The van der Waals surface area contributed by atoms with Crippen molar-refractivity contribution in [2.45, 2.75) is 40.0 Å². The summed E-state index contributed by atoms with van der Waals surface area (Å²) in [4.78, 5) is 13.6. The molecule has 0 bridgehead atoms. The Morgan fingerprint density at radius 1 is 1.25 bits per heavy atom. The minimum Gasteiger partial charge on any atom is -0.317 e. The first-order valence-electron chi connectivity index (χ1n) is 6.49. The van der Waals surface area contributed by atoms with Gasteiger partial charge in [0.1, 0.15) is 5.78 Å². The zero-order chi connectivity index (χ0) is 12.4. The lowest BCUT2D eigenvalue weighted by Crippen LogP contribution is -2.29. The third-order valence-corrected chi connectivity index (χ3v) is 2.71. The van der Waals surface area contributed by atoms with Crippen molar-refractivity contribution < 1.29 is 4.79 Å². The van der Waals surface area contributed by atoms with Crippen molar-refractivity contribution in [2.75, 3.05) is 33.2 Å². The van der Waals surface area contributed by atoms with E-state index in [-0.39, 0.29) is 5.92 Å². The number of hydrogen-bond donors (Lipinski definition) is 1. The van der Waals surface area contributed by atoms with Crippen LogP contribution in [0, 0.1) is 5.92 Å². The van der Waals surface area contributed by atoms with Crippen LogP contribution < -0.4 is 5.32 Å². The van der Waals surface area contributed by atoms with E-state index in [1.54, 1.807) is 0 Å². The van der Waals surface area contributed by atoms with Crippen molar-refractivity contribution in [1.82, 2.24) is 10.2 Å². The number of carbonyl (C=O) groups excluding carboxylic acids is 1. The summed E-state index contributed by atoms with van der Waals surface area (Å²) in [5.41, 5.74) is 0. The number of rotatable bonds is 10. The smallest absolute Gasteiger partial charge is 0.149 e. The molecule has 0 aromatic rings. The molecule has 0 fully saturated rings. The van der Waals surface area contributed by atoms with Crippen molar-refractivity contribution in [3.63, 3.8) is 0 Å². The van der Waals surface area contributed by atoms with Gasteiger partial charge in [0.2, 0.25) is 0 Å². The molecule has 0 saturated heterocycles. The van der Waals surface area contributed by atoms with E-state index in [9.17, 15) is 4.79 Å². The van der Waals surface area contributed by atoms with E-state index in [1.165, 1.54) is 19.3 Å². The molecule has 0 heterocycles. The number of Topliss-reactive ketones (excluding diaryl/α,β-unsaturated/α-hetero) is 1. The molecule has 16 heavy (non-hydrogen) atoms. The highest BCUT2D eigenvalue weighted by Crippen LogP contribution is 2.00. The predicted molar refractivity (Wildman–Crippen MR) is 69.7 cm³/mol. The Balaban J connectivity index is 3.37. The lowest BCUT2D eigenvalue weighted by atomic mass is 10.1. The molecule has 0 unspecified atom stereocenters. The Labute approximate surface area is 101 Å². The molecule has 0 aliphatic heterocycles. The van der Waals surface area contributed by atoms with Crippen LogP contribution in [0.15, 0.2) is 0 Å². The third-order valence-electron chi connectivity index (χ3n) is 2.71. The fourth-order valence-electron chi connectivity index (χ4n) is 1.51. The molecule has 0 aliphatic rings. The minimum absolute atomic E-state index is 0.163. The van der Waals surface area contributed by atoms with Crippen molar-refractivity contribution in [3.8, 4) is 0 Å². The van der Waals surface area contributed by atoms with Crippen LogP contribution in [0.3, 0.4) is 0 Å². The first-order valence-corrected chi connectivity index (χ1v) is 6.49. The van der Waals surface area contributed by atoms with Crippen LogP contribution in [0.1, 0.15) is 40.0 Å². The quantitative estimate of drug-likeness (QED) is 0.580. The topological polar surface area (TPSA) is 32.3 Å². The Kier molecular flexibility index (Phi) is 9.54. The SMILES string of the molecule is CCNCCCCCN(C)CC(=O)C(C)C. The zero-order valence-electron chi connectivity index (χ0n) is 11.4. The van der Waals surface area contributed by atoms with Crippen molar-refractivity contribution >= 4 is 5.78 Å². The molecule has 0 aliphatic carbocycles. The van der Waals surface area contributed by atoms with E-state index in [1.807, 2.05) is 20.9 Å². The summed E-state index contributed by atoms with van der Waals surface area (Å²) in [6.07, 6.45) is 3.67. The van der Waals surface area contributed by atoms with Crippen molar-refractivity contribution in [1.29, 1.82) is 0 Å². The molecule has 0 saturated carbocycles. The largest absolute Gasteiger partial charge is 0.317 e. The van der Waals surface area contributed by atoms with Crippen LogP contribution in [0.25, 0.3) is 0 Å². The highest BCUT2D eigenvalue weighted by molar-refractivity contribution is 5.82. The molecule has 0 aromatic heterocycles. The van der Waals surface area contributed by atoms with Gasteiger partial charge in [-0.25, -0.2) is 0 Å². The lowest BCUT2D eigenvalue weighted by Gasteiger charge is -2.16. The van der Waals surface area contributed by atoms with Gasteiger partial charge in [0.15, 0.2) is 0 Å². The number of hydrogen-bond acceptors (Lipinski definition) is 3. The Bertz CT molecular complexity index is 181. The van der Waals surface area contributed by atoms with Gasteiger partial charge in [0.25, 0.3) is 0 Å². The molecular formula is C13H28N2O. The first-order chi connectivity index (χ1) is 7.57. The zero-order valence-corrected chi connectivity index (χ0v) is 11.4. The predicted octanol–water partition coefficient (Wildman–Crippen LogP) is 1.92. The molecule has 0 aromatic carbocycles. The maximum Gasteiger partial charge on any atom is 0.149 e. The minimum atomic E-state index is 0.163. The number of likely N-dealkylation sites (N-methyl/N-ethyl adjacent to an activating group) is 1. The van der Waals surface area contributed by atoms with Gasteiger partial charge >= 0.3 is 0 Å². The lowest BCUT2D eigenvalue weighted by molar-refractivity contribution is -0.122. The number of unbranched alkanes of at least 4 members (excludes halogenated alkanes) is 2. The Morgan fingerprint density at radius 2 is 1.94 bits per heavy atom. The van der Waals surface area contributed by atoms with Crippen LogP contribution in [0.2, 0.25) is 0 Å². The Morgan fingerprint density at radius 3 is 2.50 bits per heavy atom. The standard InChI is InChI=1S/C13H28N2O/c1-5-14-9-7-6-8-10-15(4)11-13(16)12(2)3/h12,14H,5-11H2,1-4H3. The van der Waals surface area contributed by atoms with Gasteiger partial charge < -0.3 is 5.32 Å². The molecular weight excluding hydrogens is 200 g/mol. The number of ketones is 1. The van der Waals surface area contributed by atoms with E-state index >= 15 is 0 Å².